The van der Waals surface area contributed by atoms with Crippen LogP contribution < -0.4 is 11.3 Å². The van der Waals surface area contributed by atoms with Gasteiger partial charge in [0.15, 0.2) is 0 Å². The van der Waals surface area contributed by atoms with Gasteiger partial charge in [0.1, 0.15) is 0 Å². The van der Waals surface area contributed by atoms with Crippen LogP contribution in [-0.4, -0.2) is 9.78 Å². The van der Waals surface area contributed by atoms with Crippen LogP contribution in [0, 0.1) is 0 Å². The summed E-state index contributed by atoms with van der Waals surface area (Å²) in [6.45, 7) is 5.11. The molecule has 0 spiro atoms. The summed E-state index contributed by atoms with van der Waals surface area (Å²) in [5.74, 6) is 0. The van der Waals surface area contributed by atoms with E-state index in [-0.39, 0.29) is 12.1 Å². The molecule has 112 valence electrons. The number of nitrogens with two attached hydrogens (primary N) is 1. The molecule has 0 aliphatic carbocycles. The summed E-state index contributed by atoms with van der Waals surface area (Å²) in [7, 11) is 0. The van der Waals surface area contributed by atoms with Crippen molar-refractivity contribution in [2.75, 3.05) is 0 Å². The van der Waals surface area contributed by atoms with Crippen LogP contribution in [-0.2, 0) is 19.5 Å². The van der Waals surface area contributed by atoms with Crippen molar-refractivity contribution >= 4 is 0 Å². The lowest BCUT2D eigenvalue weighted by molar-refractivity contribution is 0.540. The van der Waals surface area contributed by atoms with E-state index in [9.17, 15) is 4.79 Å². The number of hydrogen-bond acceptors (Lipinski definition) is 3. The second kappa shape index (κ2) is 7.18. The van der Waals surface area contributed by atoms with Crippen molar-refractivity contribution in [2.45, 2.75) is 46.2 Å². The first kappa shape index (κ1) is 15.4. The second-order valence-corrected chi connectivity index (χ2v) is 5.19. The summed E-state index contributed by atoms with van der Waals surface area (Å²) in [4.78, 5) is 12.2. The van der Waals surface area contributed by atoms with Crippen LogP contribution in [0.25, 0.3) is 11.3 Å². The molecular weight excluding hydrogens is 262 g/mol. The van der Waals surface area contributed by atoms with E-state index in [1.807, 2.05) is 6.07 Å². The lowest BCUT2D eigenvalue weighted by Gasteiger charge is -2.10. The summed E-state index contributed by atoms with van der Waals surface area (Å²) < 4.78 is 1.55. The van der Waals surface area contributed by atoms with Crippen LogP contribution in [0.4, 0.5) is 0 Å². The van der Waals surface area contributed by atoms with E-state index in [4.69, 9.17) is 5.73 Å². The maximum Gasteiger partial charge on any atom is 0.271 e. The molecule has 0 saturated carbocycles. The van der Waals surface area contributed by atoms with Crippen molar-refractivity contribution in [3.05, 3.63) is 51.8 Å². The van der Waals surface area contributed by atoms with Gasteiger partial charge in [-0.05, 0) is 24.5 Å². The predicted molar refractivity (Wildman–Crippen MR) is 86.1 cm³/mol. The van der Waals surface area contributed by atoms with Gasteiger partial charge in [-0.1, -0.05) is 44.5 Å². The van der Waals surface area contributed by atoms with Gasteiger partial charge in [-0.3, -0.25) is 4.79 Å². The van der Waals surface area contributed by atoms with Crippen LogP contribution in [0.3, 0.4) is 0 Å². The lowest BCUT2D eigenvalue weighted by atomic mass is 10.1. The van der Waals surface area contributed by atoms with Gasteiger partial charge in [0, 0.05) is 24.2 Å². The molecule has 0 bridgehead atoms. The standard InChI is InChI=1S/C17H23N3O/c1-3-5-10-20-17(21)15(12-18)11-16(19-20)14-8-6-13(4-2)7-9-14/h6-9,11H,3-5,10,12,18H2,1-2H3. The molecular formula is C17H23N3O. The van der Waals surface area contributed by atoms with Crippen molar-refractivity contribution in [1.82, 2.24) is 9.78 Å². The minimum Gasteiger partial charge on any atom is -0.326 e. The quantitative estimate of drug-likeness (QED) is 0.887. The molecule has 0 radical (unpaired) electrons. The van der Waals surface area contributed by atoms with E-state index < -0.39 is 0 Å². The third-order valence-corrected chi connectivity index (χ3v) is 3.65. The predicted octanol–water partition coefficient (Wildman–Crippen LogP) is 2.73. The number of hydrogen-bond donors (Lipinski definition) is 1. The van der Waals surface area contributed by atoms with E-state index in [2.05, 4.69) is 43.2 Å². The van der Waals surface area contributed by atoms with E-state index in [0.29, 0.717) is 12.1 Å². The highest BCUT2D eigenvalue weighted by Crippen LogP contribution is 2.17. The number of rotatable bonds is 6. The highest BCUT2D eigenvalue weighted by molar-refractivity contribution is 5.59. The summed E-state index contributed by atoms with van der Waals surface area (Å²) in [5, 5.41) is 4.49. The number of nitrogens with zero attached hydrogens (tertiary/aromatic N) is 2. The molecule has 2 rings (SSSR count). The molecule has 0 aliphatic rings. The average molecular weight is 285 g/mol. The van der Waals surface area contributed by atoms with Gasteiger partial charge in [-0.25, -0.2) is 4.68 Å². The number of unbranched alkanes of at least 4 members (excludes halogenated alkanes) is 1. The first-order valence-corrected chi connectivity index (χ1v) is 7.60. The van der Waals surface area contributed by atoms with Crippen molar-refractivity contribution in [2.24, 2.45) is 5.73 Å². The van der Waals surface area contributed by atoms with Gasteiger partial charge in [0.25, 0.3) is 5.56 Å². The molecule has 0 atom stereocenters. The highest BCUT2D eigenvalue weighted by atomic mass is 16.1. The number of benzene rings is 1. The Bertz CT molecular complexity index is 644. The molecule has 2 aromatic rings. The molecule has 0 saturated heterocycles. The molecule has 1 heterocycles. The first-order valence-electron chi connectivity index (χ1n) is 7.60. The summed E-state index contributed by atoms with van der Waals surface area (Å²) in [5.41, 5.74) is 9.37. The molecule has 0 fully saturated rings. The minimum absolute atomic E-state index is 0.0696. The summed E-state index contributed by atoms with van der Waals surface area (Å²) in [6, 6.07) is 10.1. The van der Waals surface area contributed by atoms with Crippen molar-refractivity contribution in [3.63, 3.8) is 0 Å². The van der Waals surface area contributed by atoms with Gasteiger partial charge in [-0.15, -0.1) is 0 Å². The molecule has 1 aromatic heterocycles. The maximum absolute atomic E-state index is 12.2. The molecule has 21 heavy (non-hydrogen) atoms. The van der Waals surface area contributed by atoms with Gasteiger partial charge in [0.2, 0.25) is 0 Å². The fourth-order valence-corrected chi connectivity index (χ4v) is 2.25. The lowest BCUT2D eigenvalue weighted by Crippen LogP contribution is -2.28. The smallest absolute Gasteiger partial charge is 0.271 e. The van der Waals surface area contributed by atoms with E-state index in [1.54, 1.807) is 4.68 Å². The molecule has 1 aromatic carbocycles. The van der Waals surface area contributed by atoms with Crippen LogP contribution in [0.15, 0.2) is 35.1 Å². The third kappa shape index (κ3) is 3.58. The van der Waals surface area contributed by atoms with E-state index >= 15 is 0 Å². The molecule has 0 amide bonds. The maximum atomic E-state index is 12.2. The highest BCUT2D eigenvalue weighted by Gasteiger charge is 2.08. The SMILES string of the molecule is CCCCn1nc(-c2ccc(CC)cc2)cc(CN)c1=O. The van der Waals surface area contributed by atoms with Gasteiger partial charge >= 0.3 is 0 Å². The Kier molecular flexibility index (Phi) is 5.28. The molecule has 4 nitrogen and oxygen atoms in total. The Hall–Kier alpha value is -1.94. The largest absolute Gasteiger partial charge is 0.326 e. The van der Waals surface area contributed by atoms with Crippen LogP contribution >= 0.6 is 0 Å². The van der Waals surface area contributed by atoms with Gasteiger partial charge in [-0.2, -0.15) is 5.10 Å². The zero-order valence-corrected chi connectivity index (χ0v) is 12.8. The fraction of sp³-hybridized carbons (Fsp3) is 0.412. The minimum atomic E-state index is -0.0696. The number of aryl methyl sites for hydroxylation is 2. The van der Waals surface area contributed by atoms with Gasteiger partial charge in [0.05, 0.1) is 5.69 Å². The fourth-order valence-electron chi connectivity index (χ4n) is 2.25. The van der Waals surface area contributed by atoms with Crippen LogP contribution in [0.2, 0.25) is 0 Å². The molecule has 0 unspecified atom stereocenters. The Morgan fingerprint density at radius 1 is 1.19 bits per heavy atom. The van der Waals surface area contributed by atoms with Gasteiger partial charge < -0.3 is 5.73 Å². The molecule has 0 aliphatic heterocycles. The first-order chi connectivity index (χ1) is 10.2. The van der Waals surface area contributed by atoms with Crippen molar-refractivity contribution in [1.29, 1.82) is 0 Å². The summed E-state index contributed by atoms with van der Waals surface area (Å²) in [6.07, 6.45) is 2.98. The topological polar surface area (TPSA) is 60.9 Å². The average Bonchev–Trinajstić information content (AvgIpc) is 2.54. The van der Waals surface area contributed by atoms with E-state index in [1.165, 1.54) is 5.56 Å². The third-order valence-electron chi connectivity index (χ3n) is 3.65. The van der Waals surface area contributed by atoms with E-state index in [0.717, 1.165) is 30.5 Å². The zero-order valence-electron chi connectivity index (χ0n) is 12.8. The number of aromatic nitrogens is 2. The van der Waals surface area contributed by atoms with Crippen LogP contribution in [0.5, 0.6) is 0 Å². The van der Waals surface area contributed by atoms with Crippen molar-refractivity contribution < 1.29 is 0 Å². The Labute approximate surface area is 125 Å². The normalized spacial score (nSPS) is 10.8. The zero-order chi connectivity index (χ0) is 15.2. The Morgan fingerprint density at radius 2 is 1.90 bits per heavy atom. The monoisotopic (exact) mass is 285 g/mol. The molecule has 2 N–H and O–H groups in total. The Morgan fingerprint density at radius 3 is 2.48 bits per heavy atom. The molecule has 4 heteroatoms. The second-order valence-electron chi connectivity index (χ2n) is 5.19. The van der Waals surface area contributed by atoms with Crippen LogP contribution in [0.1, 0.15) is 37.8 Å². The Balaban J connectivity index is 2.44. The summed E-state index contributed by atoms with van der Waals surface area (Å²) >= 11 is 0. The van der Waals surface area contributed by atoms with Crippen molar-refractivity contribution in [3.8, 4) is 11.3 Å².